The summed E-state index contributed by atoms with van der Waals surface area (Å²) in [4.78, 5) is 50.3. The van der Waals surface area contributed by atoms with Gasteiger partial charge in [0.25, 0.3) is 31.7 Å². The number of para-hydroxylation sites is 2. The number of hydrazine groups is 1. The number of benzene rings is 4. The van der Waals surface area contributed by atoms with Crippen LogP contribution in [0.3, 0.4) is 0 Å². The molecule has 5 rings (SSSR count). The minimum absolute atomic E-state index is 0.0106. The predicted molar refractivity (Wildman–Crippen MR) is 195 cm³/mol. The Morgan fingerprint density at radius 2 is 1.44 bits per heavy atom. The number of carboxylic acids is 1. The van der Waals surface area contributed by atoms with Gasteiger partial charge in [0.15, 0.2) is 5.54 Å². The van der Waals surface area contributed by atoms with Crippen LogP contribution < -0.4 is 15.8 Å². The van der Waals surface area contributed by atoms with Gasteiger partial charge in [-0.15, -0.1) is 0 Å². The van der Waals surface area contributed by atoms with Crippen LogP contribution in [0.4, 0.5) is 28.4 Å². The van der Waals surface area contributed by atoms with Crippen molar-refractivity contribution in [3.8, 4) is 0 Å². The van der Waals surface area contributed by atoms with Crippen LogP contribution in [0.25, 0.3) is 0 Å². The lowest BCUT2D eigenvalue weighted by atomic mass is 9.77. The molecule has 0 aliphatic carbocycles. The molecule has 0 saturated heterocycles. The maximum absolute atomic E-state index is 15.5. The van der Waals surface area contributed by atoms with Crippen LogP contribution >= 0.6 is 0 Å². The molecule has 0 unspecified atom stereocenters. The third kappa shape index (κ3) is 8.00. The minimum atomic E-state index is -4.74. The van der Waals surface area contributed by atoms with Gasteiger partial charge in [0, 0.05) is 48.1 Å². The summed E-state index contributed by atoms with van der Waals surface area (Å²) in [5.41, 5.74) is 3.03. The number of aliphatic carboxylic acids is 1. The van der Waals surface area contributed by atoms with Gasteiger partial charge in [0.1, 0.15) is 5.69 Å². The third-order valence-electron chi connectivity index (χ3n) is 8.66. The number of carbonyl (C=O) groups excluding carboxylic acids is 1. The van der Waals surface area contributed by atoms with Gasteiger partial charge in [-0.25, -0.2) is 18.1 Å². The number of rotatable bonds is 16. The molecular weight excluding hydrogens is 749 g/mol. The van der Waals surface area contributed by atoms with Crippen molar-refractivity contribution in [2.45, 2.75) is 36.6 Å². The number of non-ortho nitro benzene ring substituents is 1. The number of amides is 1. The average molecular weight is 783 g/mol. The standard InChI is InChI=1S/C34H34N6O12S2/c1-23-13-16-25(17-14-23)54(51,52)38(20-6-12-32(41)42)33(43)34(36-35-28-18-15-24(39(44)45)22-31(28)40(46)47)26-8-2-4-10-29(26)37(19-7-21-53(48,49)50)30-11-5-3-9-27(30)34/h2-5,8-11,13-18,22,35-36H,6-7,12,19-21H2,1H3,(H,41,42)(H,48,49,50). The highest BCUT2D eigenvalue weighted by atomic mass is 32.2. The van der Waals surface area contributed by atoms with E-state index in [-0.39, 0.29) is 52.5 Å². The first-order chi connectivity index (χ1) is 25.5. The summed E-state index contributed by atoms with van der Waals surface area (Å²) in [6, 6.07) is 20.8. The molecule has 4 aromatic rings. The molecule has 1 amide bonds. The normalized spacial score (nSPS) is 13.3. The van der Waals surface area contributed by atoms with Gasteiger partial charge in [-0.1, -0.05) is 54.1 Å². The molecule has 0 radical (unpaired) electrons. The summed E-state index contributed by atoms with van der Waals surface area (Å²) in [6.07, 6.45) is -0.879. The van der Waals surface area contributed by atoms with Crippen molar-refractivity contribution in [3.63, 3.8) is 0 Å². The first-order valence-electron chi connectivity index (χ1n) is 16.2. The van der Waals surface area contributed by atoms with E-state index < -0.39 is 77.5 Å². The number of nitrogens with zero attached hydrogens (tertiary/aromatic N) is 4. The fourth-order valence-corrected chi connectivity index (χ4v) is 8.13. The molecule has 0 aromatic heterocycles. The number of nitrogens with one attached hydrogen (secondary N) is 2. The van der Waals surface area contributed by atoms with E-state index in [0.717, 1.165) is 12.1 Å². The lowest BCUT2D eigenvalue weighted by Gasteiger charge is -2.46. The van der Waals surface area contributed by atoms with Crippen LogP contribution in [0.5, 0.6) is 0 Å². The zero-order valence-electron chi connectivity index (χ0n) is 28.5. The van der Waals surface area contributed by atoms with Crippen molar-refractivity contribution in [1.29, 1.82) is 0 Å². The molecule has 1 aliphatic heterocycles. The summed E-state index contributed by atoms with van der Waals surface area (Å²) < 4.78 is 62.2. The predicted octanol–water partition coefficient (Wildman–Crippen LogP) is 4.48. The van der Waals surface area contributed by atoms with Crippen molar-refractivity contribution in [1.82, 2.24) is 9.73 Å². The summed E-state index contributed by atoms with van der Waals surface area (Å²) in [5.74, 6) is -3.00. The molecule has 4 aromatic carbocycles. The Balaban J connectivity index is 1.77. The van der Waals surface area contributed by atoms with E-state index in [9.17, 15) is 51.5 Å². The van der Waals surface area contributed by atoms with Crippen LogP contribution in [0.15, 0.2) is 95.9 Å². The molecule has 4 N–H and O–H groups in total. The molecular formula is C34H34N6O12S2. The molecule has 0 spiro atoms. The van der Waals surface area contributed by atoms with Gasteiger partial charge < -0.3 is 15.4 Å². The molecule has 20 heteroatoms. The molecule has 284 valence electrons. The Morgan fingerprint density at radius 1 is 0.852 bits per heavy atom. The lowest BCUT2D eigenvalue weighted by Crippen LogP contribution is -2.61. The zero-order valence-corrected chi connectivity index (χ0v) is 30.1. The van der Waals surface area contributed by atoms with Gasteiger partial charge in [-0.05, 0) is 50.1 Å². The highest BCUT2D eigenvalue weighted by Gasteiger charge is 2.53. The molecule has 0 saturated carbocycles. The number of hydrogen-bond donors (Lipinski definition) is 4. The second-order valence-corrected chi connectivity index (χ2v) is 15.7. The van der Waals surface area contributed by atoms with Crippen molar-refractivity contribution in [2.75, 3.05) is 29.2 Å². The Kier molecular flexibility index (Phi) is 11.3. The number of nitro groups is 2. The van der Waals surface area contributed by atoms with Crippen molar-refractivity contribution < 1.29 is 45.9 Å². The van der Waals surface area contributed by atoms with E-state index in [0.29, 0.717) is 15.9 Å². The molecule has 0 fully saturated rings. The fraction of sp³-hybridized carbons (Fsp3) is 0.235. The van der Waals surface area contributed by atoms with Crippen LogP contribution in [-0.2, 0) is 35.3 Å². The third-order valence-corrected chi connectivity index (χ3v) is 11.3. The first-order valence-corrected chi connectivity index (χ1v) is 19.3. The Morgan fingerprint density at radius 3 is 1.98 bits per heavy atom. The summed E-state index contributed by atoms with van der Waals surface area (Å²) in [5, 5.41) is 33.0. The van der Waals surface area contributed by atoms with Gasteiger partial charge in [0.2, 0.25) is 0 Å². The van der Waals surface area contributed by atoms with Crippen molar-refractivity contribution in [2.24, 2.45) is 0 Å². The second kappa shape index (κ2) is 15.6. The summed E-state index contributed by atoms with van der Waals surface area (Å²) in [6.45, 7) is 1.11. The molecule has 54 heavy (non-hydrogen) atoms. The Labute approximate surface area is 309 Å². The number of hydrogen-bond acceptors (Lipinski definition) is 13. The average Bonchev–Trinajstić information content (AvgIpc) is 3.12. The van der Waals surface area contributed by atoms with E-state index in [1.165, 1.54) is 36.4 Å². The van der Waals surface area contributed by atoms with Crippen LogP contribution in [0, 0.1) is 27.2 Å². The van der Waals surface area contributed by atoms with E-state index in [1.54, 1.807) is 48.2 Å². The minimum Gasteiger partial charge on any atom is -0.481 e. The number of aryl methyl sites for hydroxylation is 1. The number of carboxylic acid groups (broad SMARTS) is 1. The highest BCUT2D eigenvalue weighted by Crippen LogP contribution is 2.49. The van der Waals surface area contributed by atoms with Crippen LogP contribution in [0.2, 0.25) is 0 Å². The zero-order chi connectivity index (χ0) is 39.4. The maximum atomic E-state index is 15.5. The molecule has 1 aliphatic rings. The first kappa shape index (κ1) is 39.3. The summed E-state index contributed by atoms with van der Waals surface area (Å²) in [7, 11) is -9.10. The van der Waals surface area contributed by atoms with Gasteiger partial charge >= 0.3 is 11.7 Å². The topological polar surface area (TPSA) is 260 Å². The summed E-state index contributed by atoms with van der Waals surface area (Å²) >= 11 is 0. The Bertz CT molecular complexity index is 2290. The number of anilines is 3. The van der Waals surface area contributed by atoms with Gasteiger partial charge in [-0.2, -0.15) is 8.42 Å². The van der Waals surface area contributed by atoms with Gasteiger partial charge in [0.05, 0.1) is 26.6 Å². The number of carbonyl (C=O) groups is 2. The highest BCUT2D eigenvalue weighted by molar-refractivity contribution is 7.89. The van der Waals surface area contributed by atoms with E-state index in [4.69, 9.17) is 0 Å². The molecule has 18 nitrogen and oxygen atoms in total. The lowest BCUT2D eigenvalue weighted by molar-refractivity contribution is -0.393. The van der Waals surface area contributed by atoms with E-state index in [1.807, 2.05) is 0 Å². The Hall–Kier alpha value is -5.96. The second-order valence-electron chi connectivity index (χ2n) is 12.2. The SMILES string of the molecule is Cc1ccc(S(=O)(=O)N(CCCC(=O)O)C(=O)C2(NNc3ccc([N+](=O)[O-])cc3[N+](=O)[O-])c3ccccc3N(CCCS(=O)(=O)O)c3ccccc32)cc1. The monoisotopic (exact) mass is 782 g/mol. The largest absolute Gasteiger partial charge is 0.481 e. The van der Waals surface area contributed by atoms with Crippen molar-refractivity contribution >= 4 is 60.5 Å². The molecule has 0 bridgehead atoms. The van der Waals surface area contributed by atoms with Crippen molar-refractivity contribution in [3.05, 3.63) is 128 Å². The quantitative estimate of drug-likeness (QED) is 0.0694. The van der Waals surface area contributed by atoms with E-state index >= 15 is 4.79 Å². The van der Waals surface area contributed by atoms with Crippen LogP contribution in [-0.4, -0.2) is 71.4 Å². The fourth-order valence-electron chi connectivity index (χ4n) is 6.17. The number of nitro benzene ring substituents is 2. The van der Waals surface area contributed by atoms with Gasteiger partial charge in [-0.3, -0.25) is 34.4 Å². The number of fused-ring (bicyclic) bond motifs is 2. The van der Waals surface area contributed by atoms with Crippen LogP contribution in [0.1, 0.15) is 36.0 Å². The van der Waals surface area contributed by atoms with E-state index in [2.05, 4.69) is 10.9 Å². The smallest absolute Gasteiger partial charge is 0.303 e. The molecule has 0 atom stereocenters. The molecule has 1 heterocycles. The number of sulfonamides is 1. The maximum Gasteiger partial charge on any atom is 0.303 e.